The van der Waals surface area contributed by atoms with Crippen molar-refractivity contribution in [3.63, 3.8) is 0 Å². The zero-order chi connectivity index (χ0) is 28.6. The van der Waals surface area contributed by atoms with E-state index in [9.17, 15) is 14.4 Å². The molecule has 0 unspecified atom stereocenters. The monoisotopic (exact) mass is 620 g/mol. The van der Waals surface area contributed by atoms with Crippen LogP contribution in [0.15, 0.2) is 82.7 Å². The van der Waals surface area contributed by atoms with E-state index >= 15 is 0 Å². The Balaban J connectivity index is 1.54. The Morgan fingerprint density at radius 1 is 1.07 bits per heavy atom. The summed E-state index contributed by atoms with van der Waals surface area (Å²) in [4.78, 5) is 39.4. The second-order valence-corrected chi connectivity index (χ2v) is 10.9. The highest BCUT2D eigenvalue weighted by atomic mass is 79.9. The number of imide groups is 1. The number of benzene rings is 3. The van der Waals surface area contributed by atoms with Crippen LogP contribution in [0.5, 0.6) is 11.5 Å². The van der Waals surface area contributed by atoms with Crippen molar-refractivity contribution in [3.05, 3.63) is 105 Å². The molecule has 0 aliphatic carbocycles. The topological polar surface area (TPSA) is 84.9 Å². The first-order valence-electron chi connectivity index (χ1n) is 12.7. The number of halogens is 1. The fourth-order valence-corrected chi connectivity index (χ4v) is 5.11. The van der Waals surface area contributed by atoms with Crippen LogP contribution in [-0.4, -0.2) is 35.1 Å². The van der Waals surface area contributed by atoms with Gasteiger partial charge in [0.05, 0.1) is 11.5 Å². The van der Waals surface area contributed by atoms with E-state index in [1.54, 1.807) is 30.4 Å². The van der Waals surface area contributed by atoms with Gasteiger partial charge in [0, 0.05) is 15.7 Å². The van der Waals surface area contributed by atoms with Gasteiger partial charge in [-0.1, -0.05) is 51.8 Å². The van der Waals surface area contributed by atoms with Crippen molar-refractivity contribution in [2.75, 3.05) is 18.5 Å². The Labute approximate surface area is 246 Å². The largest absolute Gasteiger partial charge is 0.490 e. The first kappa shape index (κ1) is 29.2. The molecule has 206 valence electrons. The Morgan fingerprint density at radius 2 is 1.80 bits per heavy atom. The van der Waals surface area contributed by atoms with Crippen LogP contribution < -0.4 is 14.8 Å². The van der Waals surface area contributed by atoms with E-state index in [0.717, 1.165) is 37.8 Å². The van der Waals surface area contributed by atoms with E-state index in [-0.39, 0.29) is 11.4 Å². The number of carbonyl (C=O) groups excluding carboxylic acids is 3. The molecule has 1 N–H and O–H groups in total. The highest BCUT2D eigenvalue weighted by Crippen LogP contribution is 2.38. The Morgan fingerprint density at radius 3 is 2.48 bits per heavy atom. The number of anilines is 1. The number of hydrogen-bond acceptors (Lipinski definition) is 6. The third-order valence-electron chi connectivity index (χ3n) is 5.92. The van der Waals surface area contributed by atoms with Crippen LogP contribution in [0.4, 0.5) is 10.5 Å². The Kier molecular flexibility index (Phi) is 9.84. The molecule has 0 aromatic heterocycles. The van der Waals surface area contributed by atoms with Crippen LogP contribution in [0.1, 0.15) is 29.2 Å². The van der Waals surface area contributed by atoms with Crippen LogP contribution in [0.3, 0.4) is 0 Å². The average Bonchev–Trinajstić information content (AvgIpc) is 3.18. The number of allylic oxidation sites excluding steroid dienone is 1. The summed E-state index contributed by atoms with van der Waals surface area (Å²) in [7, 11) is 0. The van der Waals surface area contributed by atoms with Crippen molar-refractivity contribution < 1.29 is 23.9 Å². The molecular formula is C31H29BrN2O5S. The third kappa shape index (κ3) is 7.43. The standard InChI is InChI=1S/C31H29BrN2O5S/c1-4-6-23-15-22(16-26(38-5-2)29(23)39-19-21-9-11-24(32)12-10-21)17-27-30(36)34(31(37)40-27)18-28(35)33-25-13-7-20(3)8-14-25/h4,7-17H,1,5-6,18-19H2,2-3H3,(H,33,35)/b27-17-. The van der Waals surface area contributed by atoms with Gasteiger partial charge in [-0.3, -0.25) is 19.3 Å². The number of nitrogens with one attached hydrogen (secondary N) is 1. The second kappa shape index (κ2) is 13.5. The highest BCUT2D eigenvalue weighted by Gasteiger charge is 2.36. The van der Waals surface area contributed by atoms with Crippen LogP contribution in [0.2, 0.25) is 0 Å². The van der Waals surface area contributed by atoms with Gasteiger partial charge in [0.15, 0.2) is 11.5 Å². The molecule has 0 saturated carbocycles. The van der Waals surface area contributed by atoms with Gasteiger partial charge in [0.1, 0.15) is 13.2 Å². The number of thioether (sulfide) groups is 1. The van der Waals surface area contributed by atoms with E-state index in [1.807, 2.05) is 56.3 Å². The lowest BCUT2D eigenvalue weighted by atomic mass is 10.0. The van der Waals surface area contributed by atoms with Gasteiger partial charge in [0.25, 0.3) is 11.1 Å². The van der Waals surface area contributed by atoms with Crippen LogP contribution in [0, 0.1) is 6.92 Å². The first-order valence-corrected chi connectivity index (χ1v) is 14.3. The molecule has 0 radical (unpaired) electrons. The summed E-state index contributed by atoms with van der Waals surface area (Å²) in [6.07, 6.45) is 3.91. The normalized spacial score (nSPS) is 14.0. The van der Waals surface area contributed by atoms with Gasteiger partial charge in [-0.05, 0) is 85.6 Å². The van der Waals surface area contributed by atoms with E-state index in [4.69, 9.17) is 9.47 Å². The number of rotatable bonds is 11. The third-order valence-corrected chi connectivity index (χ3v) is 7.36. The van der Waals surface area contributed by atoms with E-state index in [1.165, 1.54) is 0 Å². The Hall–Kier alpha value is -3.82. The van der Waals surface area contributed by atoms with Gasteiger partial charge < -0.3 is 14.8 Å². The lowest BCUT2D eigenvalue weighted by Gasteiger charge is -2.17. The lowest BCUT2D eigenvalue weighted by molar-refractivity contribution is -0.127. The molecule has 3 amide bonds. The molecule has 0 spiro atoms. The minimum atomic E-state index is -0.521. The molecule has 40 heavy (non-hydrogen) atoms. The number of carbonyl (C=O) groups is 3. The summed E-state index contributed by atoms with van der Waals surface area (Å²) in [6, 6.07) is 18.8. The minimum absolute atomic E-state index is 0.226. The molecule has 1 saturated heterocycles. The molecule has 3 aromatic carbocycles. The molecule has 0 bridgehead atoms. The highest BCUT2D eigenvalue weighted by molar-refractivity contribution is 9.10. The van der Waals surface area contributed by atoms with E-state index in [2.05, 4.69) is 27.8 Å². The van der Waals surface area contributed by atoms with Gasteiger partial charge >= 0.3 is 0 Å². The smallest absolute Gasteiger partial charge is 0.294 e. The predicted octanol–water partition coefficient (Wildman–Crippen LogP) is 7.14. The zero-order valence-electron chi connectivity index (χ0n) is 22.2. The number of nitrogens with zero attached hydrogens (tertiary/aromatic N) is 1. The second-order valence-electron chi connectivity index (χ2n) is 9.03. The molecule has 1 aliphatic rings. The number of hydrogen-bond donors (Lipinski definition) is 1. The molecule has 9 heteroatoms. The van der Waals surface area contributed by atoms with Gasteiger partial charge in [-0.25, -0.2) is 0 Å². The molecule has 4 rings (SSSR count). The SMILES string of the molecule is C=CCc1cc(/C=C2\SC(=O)N(CC(=O)Nc3ccc(C)cc3)C2=O)cc(OCC)c1OCc1ccc(Br)cc1. The van der Waals surface area contributed by atoms with Gasteiger partial charge in [-0.2, -0.15) is 0 Å². The maximum atomic E-state index is 13.1. The van der Waals surface area contributed by atoms with Crippen LogP contribution >= 0.6 is 27.7 Å². The van der Waals surface area contributed by atoms with Crippen molar-refractivity contribution in [1.29, 1.82) is 0 Å². The summed E-state index contributed by atoms with van der Waals surface area (Å²) in [5.74, 6) is 0.157. The molecule has 3 aromatic rings. The van der Waals surface area contributed by atoms with Crippen LogP contribution in [0.25, 0.3) is 6.08 Å². The molecule has 7 nitrogen and oxygen atoms in total. The van der Waals surface area contributed by atoms with Crippen molar-refractivity contribution in [3.8, 4) is 11.5 Å². The number of ether oxygens (including phenoxy) is 2. The Bertz CT molecular complexity index is 1450. The minimum Gasteiger partial charge on any atom is -0.490 e. The van der Waals surface area contributed by atoms with Crippen molar-refractivity contribution in [2.45, 2.75) is 26.9 Å². The summed E-state index contributed by atoms with van der Waals surface area (Å²) < 4.78 is 13.1. The summed E-state index contributed by atoms with van der Waals surface area (Å²) >= 11 is 4.24. The summed E-state index contributed by atoms with van der Waals surface area (Å²) in [5.41, 5.74) is 4.16. The molecular weight excluding hydrogens is 592 g/mol. The maximum Gasteiger partial charge on any atom is 0.294 e. The van der Waals surface area contributed by atoms with Crippen molar-refractivity contribution in [2.24, 2.45) is 0 Å². The molecule has 0 atom stereocenters. The van der Waals surface area contributed by atoms with Crippen LogP contribution in [-0.2, 0) is 22.6 Å². The van der Waals surface area contributed by atoms with Gasteiger partial charge in [-0.15, -0.1) is 6.58 Å². The van der Waals surface area contributed by atoms with E-state index in [0.29, 0.717) is 42.4 Å². The molecule has 1 heterocycles. The fraction of sp³-hybridized carbons (Fsp3) is 0.194. The number of aryl methyl sites for hydroxylation is 1. The summed E-state index contributed by atoms with van der Waals surface area (Å²) in [6.45, 7) is 8.08. The van der Waals surface area contributed by atoms with Crippen molar-refractivity contribution >= 4 is 56.5 Å². The van der Waals surface area contributed by atoms with Crippen molar-refractivity contribution in [1.82, 2.24) is 4.90 Å². The first-order chi connectivity index (χ1) is 19.3. The fourth-order valence-electron chi connectivity index (χ4n) is 4.01. The van der Waals surface area contributed by atoms with Gasteiger partial charge in [0.2, 0.25) is 5.91 Å². The van der Waals surface area contributed by atoms with E-state index < -0.39 is 17.1 Å². The molecule has 1 aliphatic heterocycles. The lowest BCUT2D eigenvalue weighted by Crippen LogP contribution is -2.36. The quantitative estimate of drug-likeness (QED) is 0.181. The zero-order valence-corrected chi connectivity index (χ0v) is 24.6. The molecule has 1 fully saturated rings. The predicted molar refractivity (Wildman–Crippen MR) is 162 cm³/mol. The maximum absolute atomic E-state index is 13.1. The summed E-state index contributed by atoms with van der Waals surface area (Å²) in [5, 5.41) is 2.22. The number of amides is 3. The average molecular weight is 622 g/mol.